The highest BCUT2D eigenvalue weighted by Gasteiger charge is 2.12. The summed E-state index contributed by atoms with van der Waals surface area (Å²) >= 11 is 0. The minimum atomic E-state index is 0. The molecule has 1 aliphatic heterocycles. The Labute approximate surface area is 161 Å². The fourth-order valence-electron chi connectivity index (χ4n) is 2.62. The standard InChI is InChI=1S/C17H28N4O2.HI/c1-4-21(5-2)13(3)12-19-17(18)20-14-7-8-15-16(11-14)23-10-6-9-22-15;/h7-8,11,13H,4-6,9-10,12H2,1-3H3,(H3,18,19,20);1H. The molecule has 0 saturated carbocycles. The Kier molecular flexibility index (Phi) is 9.20. The number of halogens is 1. The second-order valence-corrected chi connectivity index (χ2v) is 5.63. The van der Waals surface area contributed by atoms with Crippen LogP contribution in [-0.4, -0.2) is 49.7 Å². The van der Waals surface area contributed by atoms with Crippen LogP contribution in [0.25, 0.3) is 0 Å². The van der Waals surface area contributed by atoms with Gasteiger partial charge in [0.05, 0.1) is 19.8 Å². The van der Waals surface area contributed by atoms with Gasteiger partial charge in [-0.2, -0.15) is 0 Å². The van der Waals surface area contributed by atoms with Crippen molar-refractivity contribution in [1.29, 1.82) is 0 Å². The van der Waals surface area contributed by atoms with Crippen LogP contribution in [0.4, 0.5) is 5.69 Å². The first-order valence-electron chi connectivity index (χ1n) is 8.34. The largest absolute Gasteiger partial charge is 0.490 e. The lowest BCUT2D eigenvalue weighted by Crippen LogP contribution is -2.36. The Balaban J connectivity index is 0.00000288. The molecular formula is C17H29IN4O2. The highest BCUT2D eigenvalue weighted by Crippen LogP contribution is 2.32. The van der Waals surface area contributed by atoms with E-state index in [2.05, 4.69) is 36.0 Å². The van der Waals surface area contributed by atoms with E-state index in [1.54, 1.807) is 0 Å². The molecule has 0 bridgehead atoms. The highest BCUT2D eigenvalue weighted by atomic mass is 127. The number of aliphatic imine (C=N–C) groups is 1. The molecule has 6 nitrogen and oxygen atoms in total. The molecule has 24 heavy (non-hydrogen) atoms. The summed E-state index contributed by atoms with van der Waals surface area (Å²) in [5, 5.41) is 3.12. The zero-order valence-corrected chi connectivity index (χ0v) is 17.1. The molecule has 7 heteroatoms. The number of ether oxygens (including phenoxy) is 2. The number of hydrogen-bond donors (Lipinski definition) is 2. The van der Waals surface area contributed by atoms with Crippen LogP contribution < -0.4 is 20.5 Å². The van der Waals surface area contributed by atoms with E-state index in [0.29, 0.717) is 31.8 Å². The normalized spacial score (nSPS) is 15.4. The van der Waals surface area contributed by atoms with E-state index in [1.807, 2.05) is 18.2 Å². The van der Waals surface area contributed by atoms with E-state index in [1.165, 1.54) is 0 Å². The number of nitrogens with one attached hydrogen (secondary N) is 1. The first kappa shape index (κ1) is 20.8. The summed E-state index contributed by atoms with van der Waals surface area (Å²) in [4.78, 5) is 6.79. The number of anilines is 1. The van der Waals surface area contributed by atoms with Gasteiger partial charge in [-0.3, -0.25) is 9.89 Å². The van der Waals surface area contributed by atoms with Crippen molar-refractivity contribution in [2.45, 2.75) is 33.2 Å². The van der Waals surface area contributed by atoms with Crippen LogP contribution in [0.5, 0.6) is 11.5 Å². The second kappa shape index (κ2) is 10.6. The zero-order chi connectivity index (χ0) is 16.7. The molecule has 1 unspecified atom stereocenters. The number of nitrogens with two attached hydrogens (primary N) is 1. The average molecular weight is 448 g/mol. The molecule has 0 aliphatic carbocycles. The summed E-state index contributed by atoms with van der Waals surface area (Å²) < 4.78 is 11.3. The van der Waals surface area contributed by atoms with Crippen LogP contribution in [0, 0.1) is 0 Å². The molecule has 1 aliphatic rings. The summed E-state index contributed by atoms with van der Waals surface area (Å²) in [6, 6.07) is 6.09. The maximum Gasteiger partial charge on any atom is 0.193 e. The zero-order valence-electron chi connectivity index (χ0n) is 14.7. The van der Waals surface area contributed by atoms with Crippen molar-refractivity contribution in [1.82, 2.24) is 4.90 Å². The van der Waals surface area contributed by atoms with E-state index < -0.39 is 0 Å². The Morgan fingerprint density at radius 1 is 1.25 bits per heavy atom. The number of benzene rings is 1. The van der Waals surface area contributed by atoms with Crippen molar-refractivity contribution in [2.24, 2.45) is 10.7 Å². The molecule has 0 spiro atoms. The third kappa shape index (κ3) is 6.01. The van der Waals surface area contributed by atoms with E-state index in [0.717, 1.165) is 36.7 Å². The van der Waals surface area contributed by atoms with Crippen LogP contribution in [0.2, 0.25) is 0 Å². The smallest absolute Gasteiger partial charge is 0.193 e. The molecule has 0 aromatic heterocycles. The van der Waals surface area contributed by atoms with Crippen molar-refractivity contribution < 1.29 is 9.47 Å². The highest BCUT2D eigenvalue weighted by molar-refractivity contribution is 14.0. The number of hydrogen-bond acceptors (Lipinski definition) is 4. The minimum absolute atomic E-state index is 0. The fraction of sp³-hybridized carbons (Fsp3) is 0.588. The van der Waals surface area contributed by atoms with Gasteiger partial charge in [0.15, 0.2) is 17.5 Å². The summed E-state index contributed by atoms with van der Waals surface area (Å²) in [6.07, 6.45) is 0.893. The first-order chi connectivity index (χ1) is 11.1. The number of fused-ring (bicyclic) bond motifs is 1. The number of guanidine groups is 1. The van der Waals surface area contributed by atoms with Gasteiger partial charge in [-0.15, -0.1) is 24.0 Å². The molecule has 2 rings (SSSR count). The molecule has 1 atom stereocenters. The van der Waals surface area contributed by atoms with Gasteiger partial charge >= 0.3 is 0 Å². The van der Waals surface area contributed by atoms with Crippen LogP contribution >= 0.6 is 24.0 Å². The molecule has 0 radical (unpaired) electrons. The van der Waals surface area contributed by atoms with Gasteiger partial charge in [-0.05, 0) is 32.1 Å². The topological polar surface area (TPSA) is 72.1 Å². The lowest BCUT2D eigenvalue weighted by Gasteiger charge is -2.24. The van der Waals surface area contributed by atoms with Gasteiger partial charge in [-0.1, -0.05) is 13.8 Å². The van der Waals surface area contributed by atoms with Gasteiger partial charge in [0, 0.05) is 24.2 Å². The van der Waals surface area contributed by atoms with Crippen LogP contribution in [0.1, 0.15) is 27.2 Å². The molecular weight excluding hydrogens is 419 g/mol. The Morgan fingerprint density at radius 2 is 1.92 bits per heavy atom. The second-order valence-electron chi connectivity index (χ2n) is 5.63. The summed E-state index contributed by atoms with van der Waals surface area (Å²) in [7, 11) is 0. The van der Waals surface area contributed by atoms with Crippen LogP contribution in [-0.2, 0) is 0 Å². The van der Waals surface area contributed by atoms with Crippen molar-refractivity contribution in [3.63, 3.8) is 0 Å². The van der Waals surface area contributed by atoms with Gasteiger partial charge in [0.2, 0.25) is 0 Å². The average Bonchev–Trinajstić information content (AvgIpc) is 2.79. The van der Waals surface area contributed by atoms with Gasteiger partial charge in [0.25, 0.3) is 0 Å². The fourth-order valence-corrected chi connectivity index (χ4v) is 2.62. The molecule has 0 amide bonds. The molecule has 1 heterocycles. The molecule has 0 fully saturated rings. The lowest BCUT2D eigenvalue weighted by molar-refractivity contribution is 0.237. The summed E-state index contributed by atoms with van der Waals surface area (Å²) in [5.74, 6) is 1.94. The van der Waals surface area contributed by atoms with Crippen molar-refractivity contribution in [3.05, 3.63) is 18.2 Å². The van der Waals surface area contributed by atoms with E-state index in [9.17, 15) is 0 Å². The lowest BCUT2D eigenvalue weighted by atomic mass is 10.2. The predicted molar refractivity (Wildman–Crippen MR) is 110 cm³/mol. The molecule has 136 valence electrons. The van der Waals surface area contributed by atoms with Gasteiger partial charge in [-0.25, -0.2) is 0 Å². The SMILES string of the molecule is CCN(CC)C(C)CN=C(N)Nc1ccc2c(c1)OCCCO2.I. The Morgan fingerprint density at radius 3 is 2.58 bits per heavy atom. The number of nitrogens with zero attached hydrogens (tertiary/aromatic N) is 2. The number of rotatable bonds is 6. The Hall–Kier alpha value is -1.22. The molecule has 1 aromatic carbocycles. The van der Waals surface area contributed by atoms with Crippen molar-refractivity contribution in [2.75, 3.05) is 38.2 Å². The van der Waals surface area contributed by atoms with Crippen molar-refractivity contribution >= 4 is 35.6 Å². The maximum absolute atomic E-state index is 5.99. The van der Waals surface area contributed by atoms with Gasteiger partial charge in [0.1, 0.15) is 0 Å². The quantitative estimate of drug-likeness (QED) is 0.398. The minimum Gasteiger partial charge on any atom is -0.490 e. The maximum atomic E-state index is 5.99. The van der Waals surface area contributed by atoms with Crippen LogP contribution in [0.15, 0.2) is 23.2 Å². The monoisotopic (exact) mass is 448 g/mol. The Bertz CT molecular complexity index is 535. The van der Waals surface area contributed by atoms with Crippen LogP contribution in [0.3, 0.4) is 0 Å². The first-order valence-corrected chi connectivity index (χ1v) is 8.34. The van der Waals surface area contributed by atoms with E-state index >= 15 is 0 Å². The summed E-state index contributed by atoms with van der Waals surface area (Å²) in [6.45, 7) is 10.5. The third-order valence-electron chi connectivity index (χ3n) is 3.98. The molecule has 3 N–H and O–H groups in total. The van der Waals surface area contributed by atoms with E-state index in [-0.39, 0.29) is 24.0 Å². The number of likely N-dealkylation sites (N-methyl/N-ethyl adjacent to an activating group) is 1. The summed E-state index contributed by atoms with van der Waals surface area (Å²) in [5.41, 5.74) is 6.85. The third-order valence-corrected chi connectivity index (χ3v) is 3.98. The molecule has 0 saturated heterocycles. The van der Waals surface area contributed by atoms with Gasteiger partial charge < -0.3 is 20.5 Å². The molecule has 1 aromatic rings. The predicted octanol–water partition coefficient (Wildman–Crippen LogP) is 2.92. The van der Waals surface area contributed by atoms with Crippen molar-refractivity contribution in [3.8, 4) is 11.5 Å². The van der Waals surface area contributed by atoms with E-state index in [4.69, 9.17) is 15.2 Å².